The maximum absolute atomic E-state index is 12.7. The zero-order valence-electron chi connectivity index (χ0n) is 17.6. The highest BCUT2D eigenvalue weighted by molar-refractivity contribution is 7.89. The van der Waals surface area contributed by atoms with Crippen molar-refractivity contribution in [2.24, 2.45) is 23.7 Å². The molecular formula is C21H25N3O6S. The Morgan fingerprint density at radius 1 is 1.16 bits per heavy atom. The number of fused-ring (bicyclic) bond motifs is 5. The normalized spacial score (nSPS) is 26.6. The van der Waals surface area contributed by atoms with Gasteiger partial charge < -0.3 is 10.1 Å². The van der Waals surface area contributed by atoms with E-state index in [9.17, 15) is 22.8 Å². The number of amides is 3. The van der Waals surface area contributed by atoms with Crippen LogP contribution >= 0.6 is 0 Å². The molecule has 1 N–H and O–H groups in total. The van der Waals surface area contributed by atoms with Crippen molar-refractivity contribution in [3.8, 4) is 5.75 Å². The molecule has 4 rings (SSSR count). The number of rotatable bonds is 7. The smallest absolute Gasteiger partial charge is 0.246 e. The molecular weight excluding hydrogens is 422 g/mol. The second kappa shape index (κ2) is 7.76. The van der Waals surface area contributed by atoms with Gasteiger partial charge in [-0.1, -0.05) is 12.2 Å². The lowest BCUT2D eigenvalue weighted by Gasteiger charge is -2.18. The van der Waals surface area contributed by atoms with Crippen molar-refractivity contribution in [1.82, 2.24) is 9.21 Å². The Morgan fingerprint density at radius 3 is 2.32 bits per heavy atom. The van der Waals surface area contributed by atoms with Crippen LogP contribution in [-0.4, -0.2) is 62.6 Å². The number of ether oxygens (including phenoxy) is 1. The zero-order valence-corrected chi connectivity index (χ0v) is 18.4. The monoisotopic (exact) mass is 447 g/mol. The van der Waals surface area contributed by atoms with Crippen LogP contribution in [0.1, 0.15) is 13.3 Å². The van der Waals surface area contributed by atoms with Crippen LogP contribution in [0.5, 0.6) is 5.75 Å². The van der Waals surface area contributed by atoms with Gasteiger partial charge in [-0.25, -0.2) is 12.7 Å². The summed E-state index contributed by atoms with van der Waals surface area (Å²) in [5.74, 6) is -1.58. The van der Waals surface area contributed by atoms with Crippen LogP contribution in [0.15, 0.2) is 35.2 Å². The minimum atomic E-state index is -3.81. The quantitative estimate of drug-likeness (QED) is 0.494. The number of carbonyl (C=O) groups excluding carboxylic acids is 3. The Kier molecular flexibility index (Phi) is 5.38. The second-order valence-electron chi connectivity index (χ2n) is 8.19. The molecule has 1 aliphatic heterocycles. The first-order valence-electron chi connectivity index (χ1n) is 10.2. The number of benzene rings is 1. The number of hydrogen-bond acceptors (Lipinski definition) is 6. The predicted octanol–water partition coefficient (Wildman–Crippen LogP) is 1.08. The highest BCUT2D eigenvalue weighted by Gasteiger charge is 2.59. The van der Waals surface area contributed by atoms with Gasteiger partial charge in [0.1, 0.15) is 17.2 Å². The summed E-state index contributed by atoms with van der Waals surface area (Å²) in [7, 11) is -1.01. The molecule has 1 heterocycles. The maximum Gasteiger partial charge on any atom is 0.246 e. The van der Waals surface area contributed by atoms with Gasteiger partial charge in [0.25, 0.3) is 0 Å². The zero-order chi connectivity index (χ0) is 22.5. The molecule has 31 heavy (non-hydrogen) atoms. The number of likely N-dealkylation sites (tertiary alicyclic amines) is 1. The molecule has 4 atom stereocenters. The van der Waals surface area contributed by atoms with E-state index in [1.165, 1.54) is 32.3 Å². The maximum atomic E-state index is 12.7. The molecule has 2 aliphatic carbocycles. The van der Waals surface area contributed by atoms with Gasteiger partial charge in [0.2, 0.25) is 27.7 Å². The van der Waals surface area contributed by atoms with E-state index in [0.717, 1.165) is 15.6 Å². The van der Waals surface area contributed by atoms with Crippen molar-refractivity contribution >= 4 is 33.4 Å². The van der Waals surface area contributed by atoms with Crippen LogP contribution in [0.25, 0.3) is 0 Å². The standard InChI is InChI=1S/C21H25N3O6S/c1-4-30-15-8-7-14(10-16(15)31(28,29)23(2)3)22-17(25)11-24-20(26)18-12-5-6-13(9-12)19(18)21(24)27/h5-8,10,12-13,18-19H,4,9,11H2,1-3H3,(H,22,25). The summed E-state index contributed by atoms with van der Waals surface area (Å²) in [6, 6.07) is 4.30. The minimum absolute atomic E-state index is 0.0735. The van der Waals surface area contributed by atoms with Crippen LogP contribution in [0.2, 0.25) is 0 Å². The van der Waals surface area contributed by atoms with E-state index >= 15 is 0 Å². The van der Waals surface area contributed by atoms with E-state index in [0.29, 0.717) is 0 Å². The van der Waals surface area contributed by atoms with Crippen molar-refractivity contribution in [3.63, 3.8) is 0 Å². The van der Waals surface area contributed by atoms with E-state index in [1.807, 2.05) is 12.2 Å². The summed E-state index contributed by atoms with van der Waals surface area (Å²) in [4.78, 5) is 39.0. The molecule has 2 fully saturated rings. The summed E-state index contributed by atoms with van der Waals surface area (Å²) in [6.45, 7) is 1.62. The number of nitrogens with zero attached hydrogens (tertiary/aromatic N) is 2. The van der Waals surface area contributed by atoms with E-state index in [4.69, 9.17) is 4.74 Å². The van der Waals surface area contributed by atoms with Crippen molar-refractivity contribution in [2.75, 3.05) is 32.6 Å². The fraction of sp³-hybridized carbons (Fsp3) is 0.476. The van der Waals surface area contributed by atoms with Gasteiger partial charge in [0.15, 0.2) is 0 Å². The van der Waals surface area contributed by atoms with Gasteiger partial charge >= 0.3 is 0 Å². The molecule has 10 heteroatoms. The second-order valence-corrected chi connectivity index (χ2v) is 10.3. The highest BCUT2D eigenvalue weighted by Crippen LogP contribution is 2.52. The van der Waals surface area contributed by atoms with Crippen LogP contribution in [-0.2, 0) is 24.4 Å². The topological polar surface area (TPSA) is 113 Å². The lowest BCUT2D eigenvalue weighted by molar-refractivity contribution is -0.143. The highest BCUT2D eigenvalue weighted by atomic mass is 32.2. The first-order chi connectivity index (χ1) is 14.6. The van der Waals surface area contributed by atoms with Crippen LogP contribution < -0.4 is 10.1 Å². The third kappa shape index (κ3) is 3.53. The average Bonchev–Trinajstić information content (AvgIpc) is 3.39. The predicted molar refractivity (Wildman–Crippen MR) is 112 cm³/mol. The Bertz CT molecular complexity index is 1050. The summed E-state index contributed by atoms with van der Waals surface area (Å²) in [6.07, 6.45) is 4.81. The third-order valence-electron chi connectivity index (χ3n) is 6.15. The van der Waals surface area contributed by atoms with Crippen LogP contribution in [0.3, 0.4) is 0 Å². The number of sulfonamides is 1. The molecule has 1 saturated carbocycles. The number of anilines is 1. The summed E-state index contributed by atoms with van der Waals surface area (Å²) in [5.41, 5.74) is 0.231. The molecule has 3 aliphatic rings. The van der Waals surface area contributed by atoms with Crippen molar-refractivity contribution in [3.05, 3.63) is 30.4 Å². The van der Waals surface area contributed by atoms with Crippen molar-refractivity contribution in [1.29, 1.82) is 0 Å². The number of allylic oxidation sites excluding steroid dienone is 2. The van der Waals surface area contributed by atoms with Gasteiger partial charge in [-0.05, 0) is 43.4 Å². The van der Waals surface area contributed by atoms with E-state index < -0.39 is 22.5 Å². The molecule has 1 aromatic carbocycles. The van der Waals surface area contributed by atoms with Crippen molar-refractivity contribution < 1.29 is 27.5 Å². The largest absolute Gasteiger partial charge is 0.492 e. The number of nitrogens with one attached hydrogen (secondary N) is 1. The molecule has 3 amide bonds. The molecule has 1 saturated heterocycles. The van der Waals surface area contributed by atoms with Crippen LogP contribution in [0.4, 0.5) is 5.69 Å². The molecule has 1 aromatic rings. The van der Waals surface area contributed by atoms with Gasteiger partial charge in [0.05, 0.1) is 18.4 Å². The molecule has 4 unspecified atom stereocenters. The SMILES string of the molecule is CCOc1ccc(NC(=O)CN2C(=O)C3C4C=CC(C4)C3C2=O)cc1S(=O)(=O)N(C)C. The molecule has 166 valence electrons. The minimum Gasteiger partial charge on any atom is -0.492 e. The Morgan fingerprint density at radius 2 is 1.77 bits per heavy atom. The Balaban J connectivity index is 1.50. The fourth-order valence-corrected chi connectivity index (χ4v) is 5.77. The third-order valence-corrected chi connectivity index (χ3v) is 7.99. The lowest BCUT2D eigenvalue weighted by Crippen LogP contribution is -2.39. The van der Waals surface area contributed by atoms with Gasteiger partial charge in [-0.2, -0.15) is 0 Å². The van der Waals surface area contributed by atoms with E-state index in [1.54, 1.807) is 6.92 Å². The molecule has 2 bridgehead atoms. The average molecular weight is 448 g/mol. The molecule has 0 radical (unpaired) electrons. The summed E-state index contributed by atoms with van der Waals surface area (Å²) >= 11 is 0. The van der Waals surface area contributed by atoms with E-state index in [-0.39, 0.29) is 58.4 Å². The lowest BCUT2D eigenvalue weighted by atomic mass is 9.85. The summed E-state index contributed by atoms with van der Waals surface area (Å²) < 4.78 is 31.7. The summed E-state index contributed by atoms with van der Waals surface area (Å²) in [5, 5.41) is 2.60. The fourth-order valence-electron chi connectivity index (χ4n) is 4.72. The van der Waals surface area contributed by atoms with Crippen molar-refractivity contribution in [2.45, 2.75) is 18.2 Å². The Labute approximate surface area is 181 Å². The first-order valence-corrected chi connectivity index (χ1v) is 11.6. The Hall–Kier alpha value is -2.72. The number of hydrogen-bond donors (Lipinski definition) is 1. The number of carbonyl (C=O) groups is 3. The number of imide groups is 1. The molecule has 0 spiro atoms. The van der Waals surface area contributed by atoms with Gasteiger partial charge in [-0.15, -0.1) is 0 Å². The molecule has 0 aromatic heterocycles. The van der Waals surface area contributed by atoms with Gasteiger partial charge in [0, 0.05) is 19.8 Å². The van der Waals surface area contributed by atoms with Crippen LogP contribution in [0, 0.1) is 23.7 Å². The van der Waals surface area contributed by atoms with E-state index in [2.05, 4.69) is 5.32 Å². The first kappa shape index (κ1) is 21.5. The van der Waals surface area contributed by atoms with Gasteiger partial charge in [-0.3, -0.25) is 19.3 Å². The molecule has 9 nitrogen and oxygen atoms in total.